The first-order valence-corrected chi connectivity index (χ1v) is 67.7. The van der Waals surface area contributed by atoms with Crippen LogP contribution in [0.5, 0.6) is 0 Å². The predicted molar refractivity (Wildman–Crippen MR) is 505 cm³/mol. The van der Waals surface area contributed by atoms with E-state index in [9.17, 15) is 96.6 Å². The molecule has 5 aromatic rings. The topological polar surface area (TPSA) is 0 Å². The van der Waals surface area contributed by atoms with Gasteiger partial charge in [-0.2, -0.15) is 0 Å². The SMILES string of the molecule is C1=CC2CCCC2C=C1.C1CCCC1.C1CCCC1.Fc1c(F)c(F)c(C2CCC3C=CC=CC32)c(F)c1F.Fc1c(F)c(F)c(C2CCC3C=CC=CC32)c(F)c1F.Fc1c(F)c(F)c(C2CCC3C=CC=CC32)c(F)c1F.Fc1c(F)c(F)c(C2CCC3C=CC=CC32)c(F)c1F.Fc1cccc(F)c1CC1CCC2C=CC=CC21.[CH3-].[CH3-].[CH3-].[CH3-].[CH3-].[CH3-].[CH3-].[CH3-].[Cl][Zr+2][Cl].[Cl][Zr+2][Cl].[Cl][Zr+2][Cl].[Cl][Zr+2][Cl]. The third kappa shape index (κ3) is 35.5. The van der Waals surface area contributed by atoms with Crippen LogP contribution in [0.25, 0.3) is 0 Å². The Morgan fingerprint density at radius 2 is 0.365 bits per heavy atom. The van der Waals surface area contributed by atoms with Crippen molar-refractivity contribution in [1.29, 1.82) is 0 Å². The molecule has 8 fully saturated rings. The van der Waals surface area contributed by atoms with Crippen molar-refractivity contribution < 1.29 is 180 Å². The summed E-state index contributed by atoms with van der Waals surface area (Å²) in [5, 5.41) is 0. The Bertz CT molecular complexity index is 4270. The van der Waals surface area contributed by atoms with Crippen LogP contribution >= 0.6 is 68.1 Å². The summed E-state index contributed by atoms with van der Waals surface area (Å²) < 4.78 is 297. The van der Waals surface area contributed by atoms with Crippen LogP contribution in [0.2, 0.25) is 0 Å². The van der Waals surface area contributed by atoms with Crippen molar-refractivity contribution in [3.63, 3.8) is 0 Å². The van der Waals surface area contributed by atoms with Gasteiger partial charge in [-0.05, 0) is 196 Å². The fourth-order valence-electron chi connectivity index (χ4n) is 19.9. The Morgan fingerprint density at radius 1 is 0.197 bits per heavy atom. The van der Waals surface area contributed by atoms with Crippen molar-refractivity contribution in [2.24, 2.45) is 76.9 Å². The van der Waals surface area contributed by atoms with Crippen molar-refractivity contribution >= 4 is 68.1 Å². The van der Waals surface area contributed by atoms with E-state index in [1.165, 1.54) is 102 Å². The number of hydrogen-bond donors (Lipinski definition) is 0. The molecule has 34 heteroatoms. The monoisotopic (exact) mass is 2410 g/mol. The fraction of sp³-hybridized carbons (Fsp3) is 0.398. The Morgan fingerprint density at radius 3 is 0.577 bits per heavy atom. The molecule has 0 spiro atoms. The predicted octanol–water partition coefficient (Wildman–Crippen LogP) is 38.3. The van der Waals surface area contributed by atoms with E-state index in [-0.39, 0.29) is 112 Å². The van der Waals surface area contributed by atoms with Crippen LogP contribution in [0.15, 0.2) is 164 Å². The first-order chi connectivity index (χ1) is 62.0. The van der Waals surface area contributed by atoms with Gasteiger partial charge in [-0.25, -0.2) is 96.6 Å². The summed E-state index contributed by atoms with van der Waals surface area (Å²) in [6.45, 7) is 0. The fourth-order valence-corrected chi connectivity index (χ4v) is 19.9. The molecule has 0 aromatic heterocycles. The summed E-state index contributed by atoms with van der Waals surface area (Å²) in [5.74, 6) is -37.7. The normalized spacial score (nSPS) is 24.8. The summed E-state index contributed by atoms with van der Waals surface area (Å²) in [6, 6.07) is 4.12. The van der Waals surface area contributed by atoms with Crippen LogP contribution in [0.4, 0.5) is 96.6 Å². The molecule has 19 rings (SSSR count). The molecule has 0 saturated heterocycles. The van der Waals surface area contributed by atoms with Gasteiger partial charge in [-0.1, -0.05) is 223 Å². The van der Waals surface area contributed by atoms with Gasteiger partial charge >= 0.3 is 151 Å². The van der Waals surface area contributed by atoms with E-state index in [0.717, 1.165) is 24.7 Å². The third-order valence-electron chi connectivity index (χ3n) is 25.9. The van der Waals surface area contributed by atoms with Crippen LogP contribution in [0.1, 0.15) is 199 Å². The van der Waals surface area contributed by atoms with E-state index < -0.39 is 257 Å². The van der Waals surface area contributed by atoms with Crippen molar-refractivity contribution in [2.45, 2.75) is 178 Å². The van der Waals surface area contributed by atoms with Crippen molar-refractivity contribution in [1.82, 2.24) is 0 Å². The second-order valence-corrected chi connectivity index (χ2v) is 47.7. The van der Waals surface area contributed by atoms with Gasteiger partial charge in [0.05, 0.1) is 0 Å². The number of fused-ring (bicyclic) bond motifs is 6. The Balaban J connectivity index is 0.00000154. The van der Waals surface area contributed by atoms with E-state index in [0.29, 0.717) is 75.5 Å². The second-order valence-electron chi connectivity index (χ2n) is 32.8. The van der Waals surface area contributed by atoms with E-state index >= 15 is 0 Å². The first kappa shape index (κ1) is 134. The number of hydrogen-bond acceptors (Lipinski definition) is 0. The summed E-state index contributed by atoms with van der Waals surface area (Å²) in [4.78, 5) is 0. The van der Waals surface area contributed by atoms with Crippen LogP contribution in [0, 0.1) is 264 Å². The summed E-state index contributed by atoms with van der Waals surface area (Å²) in [6.07, 6.45) is 73.0. The first-order valence-electron chi connectivity index (χ1n) is 42.4. The molecular formula is C103H116Cl8F22Zr4. The van der Waals surface area contributed by atoms with Crippen molar-refractivity contribution in [3.8, 4) is 0 Å². The van der Waals surface area contributed by atoms with Gasteiger partial charge in [0.25, 0.3) is 0 Å². The molecular weight excluding hydrogens is 2300 g/mol. The second kappa shape index (κ2) is 68.7. The Kier molecular flexibility index (Phi) is 67.3. The van der Waals surface area contributed by atoms with Gasteiger partial charge in [0, 0.05) is 27.8 Å². The van der Waals surface area contributed by atoms with Crippen LogP contribution in [0.3, 0.4) is 0 Å². The van der Waals surface area contributed by atoms with Gasteiger partial charge in [0.1, 0.15) is 11.6 Å². The van der Waals surface area contributed by atoms with Crippen LogP contribution in [-0.2, 0) is 89.8 Å². The standard InChI is InChI=1S/C16H16F2.4C15H11F5.C9H12.2C5H10.8CH3.8ClH.4Zr/c17-15-6-3-7-16(18)14(15)10-12-9-8-11-4-1-2-5-13(11)12;4*16-11-10(12(17)14(19)15(20)13(11)18)9-6-5-7-3-1-2-4-8(7)9;1-2-5-9-7-3-6-8(9)4-1;2*1-2-4-5-3-1;;;;;;;;;;;;;;;;;;;;/h1-7,11-13H,8-10H2;4*1-4,7-9H,5-6H2;1-2,4-5,8-9H,3,6-7H2;2*1-5H2;8*1H3;8*1H;;;;/q;;;;;;;;8*-1;;;;;;;;;4*+4/p-8. The van der Waals surface area contributed by atoms with Crippen molar-refractivity contribution in [3.05, 3.63) is 379 Å². The number of allylic oxidation sites excluding steroid dienone is 24. The van der Waals surface area contributed by atoms with Crippen LogP contribution < -0.4 is 0 Å². The minimum atomic E-state index is -2.10. The van der Waals surface area contributed by atoms with Gasteiger partial charge < -0.3 is 59.4 Å². The molecule has 17 atom stereocenters. The zero-order valence-electron chi connectivity index (χ0n) is 77.2. The summed E-state index contributed by atoms with van der Waals surface area (Å²) >= 11 is -3.30. The molecule has 8 saturated carbocycles. The molecule has 754 valence electrons. The summed E-state index contributed by atoms with van der Waals surface area (Å²) in [5.41, 5.74) is -2.43. The molecule has 0 radical (unpaired) electrons. The zero-order chi connectivity index (χ0) is 94.3. The number of halogens is 30. The molecule has 17 unspecified atom stereocenters. The van der Waals surface area contributed by atoms with Gasteiger partial charge in [-0.3, -0.25) is 0 Å². The number of rotatable bonds is 6. The Labute approximate surface area is 872 Å². The molecule has 137 heavy (non-hydrogen) atoms. The average Bonchev–Trinajstić information content (AvgIpc) is 1.74. The van der Waals surface area contributed by atoms with Gasteiger partial charge in [0.15, 0.2) is 93.1 Å². The zero-order valence-corrected chi connectivity index (χ0v) is 93.1. The molecule has 0 nitrogen and oxygen atoms in total. The molecule has 14 aliphatic carbocycles. The van der Waals surface area contributed by atoms with Crippen LogP contribution in [-0.4, -0.2) is 0 Å². The van der Waals surface area contributed by atoms with Crippen molar-refractivity contribution in [2.75, 3.05) is 0 Å². The molecule has 0 bridgehead atoms. The van der Waals surface area contributed by atoms with E-state index in [2.05, 4.69) is 48.6 Å². The quantitative estimate of drug-likeness (QED) is 0.0688. The van der Waals surface area contributed by atoms with E-state index in [4.69, 9.17) is 68.1 Å². The molecule has 14 aliphatic rings. The average molecular weight is 2420 g/mol. The molecule has 0 amide bonds. The maximum absolute atomic E-state index is 13.9. The summed E-state index contributed by atoms with van der Waals surface area (Å²) in [7, 11) is 39.5. The molecule has 0 N–H and O–H groups in total. The maximum atomic E-state index is 13.9. The van der Waals surface area contributed by atoms with E-state index in [1.54, 1.807) is 48.6 Å². The Hall–Kier alpha value is -2.71. The van der Waals surface area contributed by atoms with Gasteiger partial charge in [-0.15, -0.1) is 0 Å². The van der Waals surface area contributed by atoms with Gasteiger partial charge in [0.2, 0.25) is 23.3 Å². The molecule has 5 aromatic carbocycles. The van der Waals surface area contributed by atoms with E-state index in [1.807, 2.05) is 48.6 Å². The third-order valence-corrected chi connectivity index (χ3v) is 25.9. The number of benzene rings is 5. The molecule has 0 aliphatic heterocycles. The molecule has 0 heterocycles. The minimum absolute atomic E-state index is 0.